The number of nitro benzene ring substituents is 1. The van der Waals surface area contributed by atoms with Crippen LogP contribution in [0.15, 0.2) is 75.9 Å². The molecule has 0 aliphatic carbocycles. The van der Waals surface area contributed by atoms with Crippen molar-refractivity contribution >= 4 is 22.6 Å². The first kappa shape index (κ1) is 20.8. The SMILES string of the molecule is COc1ccccc1-c1c(C)oc2cc(OC(=O)c3cccc([N+](=O)[O-])c3)ccc2c1=O. The van der Waals surface area contributed by atoms with Crippen LogP contribution in [0, 0.1) is 17.0 Å². The van der Waals surface area contributed by atoms with Gasteiger partial charge in [0.2, 0.25) is 5.43 Å². The Hall–Kier alpha value is -4.46. The Bertz CT molecular complexity index is 1420. The number of esters is 1. The molecule has 1 aromatic heterocycles. The van der Waals surface area contributed by atoms with E-state index in [4.69, 9.17) is 13.9 Å². The van der Waals surface area contributed by atoms with Crippen LogP contribution in [0.1, 0.15) is 16.1 Å². The smallest absolute Gasteiger partial charge is 0.343 e. The van der Waals surface area contributed by atoms with E-state index in [-0.39, 0.29) is 28.0 Å². The first-order valence-corrected chi connectivity index (χ1v) is 9.56. The fourth-order valence-electron chi connectivity index (χ4n) is 3.42. The molecule has 0 radical (unpaired) electrons. The molecule has 0 saturated heterocycles. The van der Waals surface area contributed by atoms with Crippen LogP contribution in [0.4, 0.5) is 5.69 Å². The Morgan fingerprint density at radius 1 is 1.03 bits per heavy atom. The number of carbonyl (C=O) groups excluding carboxylic acids is 1. The molecule has 4 aromatic rings. The summed E-state index contributed by atoms with van der Waals surface area (Å²) >= 11 is 0. The van der Waals surface area contributed by atoms with Crippen LogP contribution in [0.25, 0.3) is 22.1 Å². The van der Waals surface area contributed by atoms with Gasteiger partial charge in [0.05, 0.1) is 28.5 Å². The third-order valence-electron chi connectivity index (χ3n) is 4.92. The summed E-state index contributed by atoms with van der Waals surface area (Å²) in [7, 11) is 1.53. The third-order valence-corrected chi connectivity index (χ3v) is 4.92. The molecule has 8 heteroatoms. The number of aryl methyl sites for hydroxylation is 1. The van der Waals surface area contributed by atoms with Crippen molar-refractivity contribution < 1.29 is 23.6 Å². The topological polar surface area (TPSA) is 109 Å². The molecule has 0 N–H and O–H groups in total. The number of ether oxygens (including phenoxy) is 2. The first-order valence-electron chi connectivity index (χ1n) is 9.56. The number of hydrogen-bond donors (Lipinski definition) is 0. The van der Waals surface area contributed by atoms with Gasteiger partial charge in [-0.1, -0.05) is 24.3 Å². The number of para-hydroxylation sites is 1. The Morgan fingerprint density at radius 2 is 1.81 bits per heavy atom. The summed E-state index contributed by atoms with van der Waals surface area (Å²) in [5.74, 6) is 0.304. The van der Waals surface area contributed by atoms with Gasteiger partial charge in [-0.2, -0.15) is 0 Å². The molecular weight excluding hydrogens is 414 g/mol. The van der Waals surface area contributed by atoms with E-state index in [1.165, 1.54) is 43.5 Å². The highest BCUT2D eigenvalue weighted by Crippen LogP contribution is 2.32. The van der Waals surface area contributed by atoms with Crippen LogP contribution in [0.2, 0.25) is 0 Å². The summed E-state index contributed by atoms with van der Waals surface area (Å²) in [5, 5.41) is 11.2. The van der Waals surface area contributed by atoms with Crippen molar-refractivity contribution in [3.8, 4) is 22.6 Å². The van der Waals surface area contributed by atoms with Crippen molar-refractivity contribution in [2.45, 2.75) is 6.92 Å². The summed E-state index contributed by atoms with van der Waals surface area (Å²) in [6.45, 7) is 1.67. The van der Waals surface area contributed by atoms with Gasteiger partial charge >= 0.3 is 5.97 Å². The normalized spacial score (nSPS) is 10.7. The van der Waals surface area contributed by atoms with Crippen LogP contribution < -0.4 is 14.9 Å². The molecule has 4 rings (SSSR count). The number of nitro groups is 1. The van der Waals surface area contributed by atoms with Crippen molar-refractivity contribution in [1.29, 1.82) is 0 Å². The van der Waals surface area contributed by atoms with Crippen LogP contribution in [-0.4, -0.2) is 18.0 Å². The predicted molar refractivity (Wildman–Crippen MR) is 117 cm³/mol. The van der Waals surface area contributed by atoms with E-state index in [0.29, 0.717) is 28.0 Å². The van der Waals surface area contributed by atoms with Gasteiger partial charge in [0.1, 0.15) is 22.8 Å². The molecule has 8 nitrogen and oxygen atoms in total. The fraction of sp³-hybridized carbons (Fsp3) is 0.0833. The lowest BCUT2D eigenvalue weighted by Crippen LogP contribution is -2.10. The predicted octanol–water partition coefficient (Wildman–Crippen LogP) is 4.90. The molecule has 0 spiro atoms. The maximum Gasteiger partial charge on any atom is 0.343 e. The van der Waals surface area contributed by atoms with Crippen LogP contribution in [0.5, 0.6) is 11.5 Å². The number of non-ortho nitro benzene ring substituents is 1. The molecule has 160 valence electrons. The minimum Gasteiger partial charge on any atom is -0.496 e. The number of carbonyl (C=O) groups is 1. The molecule has 32 heavy (non-hydrogen) atoms. The third kappa shape index (κ3) is 3.81. The molecule has 0 aliphatic heterocycles. The molecule has 0 aliphatic rings. The summed E-state index contributed by atoms with van der Waals surface area (Å²) in [6.07, 6.45) is 0. The second kappa shape index (κ2) is 8.35. The maximum absolute atomic E-state index is 13.2. The average molecular weight is 431 g/mol. The molecule has 3 aromatic carbocycles. The van der Waals surface area contributed by atoms with Crippen molar-refractivity contribution in [1.82, 2.24) is 0 Å². The minimum atomic E-state index is -0.766. The standard InChI is InChI=1S/C24H17NO7/c1-14-22(18-8-3-4-9-20(18)30-2)23(26)19-11-10-17(13-21(19)31-14)32-24(27)15-6-5-7-16(12-15)25(28)29/h3-13H,1-2H3. The summed E-state index contributed by atoms with van der Waals surface area (Å²) in [4.78, 5) is 35.9. The second-order valence-corrected chi connectivity index (χ2v) is 6.92. The lowest BCUT2D eigenvalue weighted by atomic mass is 10.0. The number of rotatable bonds is 5. The summed E-state index contributed by atoms with van der Waals surface area (Å²) in [5.41, 5.74) is 0.813. The van der Waals surface area contributed by atoms with Gasteiger partial charge in [0, 0.05) is 23.8 Å². The average Bonchev–Trinajstić information content (AvgIpc) is 2.79. The van der Waals surface area contributed by atoms with Crippen LogP contribution in [-0.2, 0) is 0 Å². The van der Waals surface area contributed by atoms with E-state index in [2.05, 4.69) is 0 Å². The lowest BCUT2D eigenvalue weighted by Gasteiger charge is -2.11. The van der Waals surface area contributed by atoms with E-state index >= 15 is 0 Å². The van der Waals surface area contributed by atoms with Crippen LogP contribution in [0.3, 0.4) is 0 Å². The van der Waals surface area contributed by atoms with E-state index in [1.807, 2.05) is 6.07 Å². The molecule has 0 atom stereocenters. The zero-order valence-electron chi connectivity index (χ0n) is 17.2. The van der Waals surface area contributed by atoms with Gasteiger partial charge in [0.25, 0.3) is 5.69 Å². The van der Waals surface area contributed by atoms with E-state index in [9.17, 15) is 19.7 Å². The van der Waals surface area contributed by atoms with Gasteiger partial charge < -0.3 is 13.9 Å². The molecule has 0 saturated carbocycles. The zero-order chi connectivity index (χ0) is 22.8. The molecular formula is C24H17NO7. The molecule has 0 fully saturated rings. The molecule has 0 unspecified atom stereocenters. The number of methoxy groups -OCH3 is 1. The Balaban J connectivity index is 1.71. The Kier molecular flexibility index (Phi) is 5.43. The van der Waals surface area contributed by atoms with Gasteiger partial charge in [-0.3, -0.25) is 14.9 Å². The Labute approximate surface area is 181 Å². The second-order valence-electron chi connectivity index (χ2n) is 6.92. The Morgan fingerprint density at radius 3 is 2.56 bits per heavy atom. The first-order chi connectivity index (χ1) is 15.4. The highest BCUT2D eigenvalue weighted by molar-refractivity contribution is 5.92. The van der Waals surface area contributed by atoms with Crippen molar-refractivity contribution in [3.63, 3.8) is 0 Å². The van der Waals surface area contributed by atoms with Crippen molar-refractivity contribution in [3.05, 3.63) is 98.4 Å². The van der Waals surface area contributed by atoms with E-state index in [1.54, 1.807) is 25.1 Å². The number of fused-ring (bicyclic) bond motifs is 1. The minimum absolute atomic E-state index is 0.0310. The fourth-order valence-corrected chi connectivity index (χ4v) is 3.42. The van der Waals surface area contributed by atoms with Crippen LogP contribution >= 0.6 is 0 Å². The highest BCUT2D eigenvalue weighted by Gasteiger charge is 2.18. The quantitative estimate of drug-likeness (QED) is 0.191. The van der Waals surface area contributed by atoms with Gasteiger partial charge in [-0.25, -0.2) is 4.79 Å². The van der Waals surface area contributed by atoms with Crippen molar-refractivity contribution in [2.24, 2.45) is 0 Å². The van der Waals surface area contributed by atoms with Gasteiger partial charge in [-0.05, 0) is 31.2 Å². The summed E-state index contributed by atoms with van der Waals surface area (Å²) in [6, 6.07) is 16.8. The van der Waals surface area contributed by atoms with Gasteiger partial charge in [-0.15, -0.1) is 0 Å². The van der Waals surface area contributed by atoms with E-state index in [0.717, 1.165) is 6.07 Å². The van der Waals surface area contributed by atoms with E-state index < -0.39 is 10.9 Å². The zero-order valence-corrected chi connectivity index (χ0v) is 17.2. The number of benzene rings is 3. The van der Waals surface area contributed by atoms with Crippen molar-refractivity contribution in [2.75, 3.05) is 7.11 Å². The largest absolute Gasteiger partial charge is 0.496 e. The molecule has 0 bridgehead atoms. The number of hydrogen-bond acceptors (Lipinski definition) is 7. The monoisotopic (exact) mass is 431 g/mol. The maximum atomic E-state index is 13.2. The summed E-state index contributed by atoms with van der Waals surface area (Å²) < 4.78 is 16.6. The highest BCUT2D eigenvalue weighted by atomic mass is 16.6. The lowest BCUT2D eigenvalue weighted by molar-refractivity contribution is -0.384. The number of nitrogens with zero attached hydrogens (tertiary/aromatic N) is 1. The van der Waals surface area contributed by atoms with Gasteiger partial charge in [0.15, 0.2) is 0 Å². The molecule has 1 heterocycles. The molecule has 0 amide bonds.